The fraction of sp³-hybridized carbons (Fsp3) is 0.0435. The monoisotopic (exact) mass is 685 g/mol. The first-order valence-corrected chi connectivity index (χ1v) is 11.8. The Kier molecular flexibility index (Phi) is 7.41. The molecule has 0 aliphatic heterocycles. The molecule has 11 heteroatoms. The smallest absolute Gasteiger partial charge is 0.307 e. The number of hydrogen-bond donors (Lipinski definition) is 1. The molecule has 3 aromatic carbocycles. The molecule has 0 spiro atoms. The van der Waals surface area contributed by atoms with Crippen molar-refractivity contribution in [1.82, 2.24) is 5.43 Å². The molecular weight excluding hydrogens is 671 g/mol. The minimum absolute atomic E-state index is 0.0158. The predicted octanol–water partition coefficient (Wildman–Crippen LogP) is 6.03. The van der Waals surface area contributed by atoms with Crippen molar-refractivity contribution in [3.8, 4) is 5.75 Å². The molecule has 1 heterocycles. The predicted molar refractivity (Wildman–Crippen MR) is 141 cm³/mol. The number of furan rings is 1. The topological polar surface area (TPSA) is 107 Å². The zero-order valence-corrected chi connectivity index (χ0v) is 21.4. The highest BCUT2D eigenvalue weighted by Crippen LogP contribution is 2.29. The number of hydrogen-bond acceptors (Lipinski definition) is 6. The van der Waals surface area contributed by atoms with E-state index in [4.69, 9.17) is 9.15 Å². The number of nitrogens with zero attached hydrogens (tertiary/aromatic N) is 2. The maximum atomic E-state index is 13.4. The van der Waals surface area contributed by atoms with Crippen LogP contribution in [0.25, 0.3) is 11.0 Å². The number of ether oxygens (including phenoxy) is 1. The SMILES string of the molecule is O=C(N/N=C/c1cc(I)c(OCc2cccc(F)c2)c(I)c1)c1cc2cc([N+](=O)[O-])ccc2o1. The molecule has 4 rings (SSSR count). The van der Waals surface area contributed by atoms with Gasteiger partial charge in [-0.3, -0.25) is 14.9 Å². The Morgan fingerprint density at radius 1 is 1.15 bits per heavy atom. The molecule has 1 N–H and O–H groups in total. The van der Waals surface area contributed by atoms with Crippen molar-refractivity contribution in [2.24, 2.45) is 5.10 Å². The molecule has 0 aliphatic rings. The van der Waals surface area contributed by atoms with Crippen LogP contribution < -0.4 is 10.2 Å². The lowest BCUT2D eigenvalue weighted by Crippen LogP contribution is -2.16. The van der Waals surface area contributed by atoms with E-state index >= 15 is 0 Å². The normalized spacial score (nSPS) is 11.1. The van der Waals surface area contributed by atoms with Crippen molar-refractivity contribution in [3.63, 3.8) is 0 Å². The molecule has 4 aromatic rings. The standard InChI is InChI=1S/C23H14FI2N3O5/c24-16-3-1-2-13(6-16)12-33-22-18(25)7-14(8-19(22)26)11-27-28-23(30)21-10-15-9-17(29(31)32)4-5-20(15)34-21/h1-11H,12H2,(H,28,30)/b27-11+. The van der Waals surface area contributed by atoms with Gasteiger partial charge < -0.3 is 9.15 Å². The molecule has 0 atom stereocenters. The van der Waals surface area contributed by atoms with Crippen LogP contribution in [0.4, 0.5) is 10.1 Å². The van der Waals surface area contributed by atoms with Crippen LogP contribution in [0.1, 0.15) is 21.7 Å². The molecule has 34 heavy (non-hydrogen) atoms. The van der Waals surface area contributed by atoms with Crippen molar-refractivity contribution in [2.75, 3.05) is 0 Å². The van der Waals surface area contributed by atoms with E-state index in [0.29, 0.717) is 16.7 Å². The first-order valence-electron chi connectivity index (χ1n) is 9.68. The lowest BCUT2D eigenvalue weighted by Gasteiger charge is -2.11. The number of fused-ring (bicyclic) bond motifs is 1. The van der Waals surface area contributed by atoms with Gasteiger partial charge in [0, 0.05) is 17.5 Å². The van der Waals surface area contributed by atoms with Gasteiger partial charge in [0.1, 0.15) is 23.8 Å². The van der Waals surface area contributed by atoms with Crippen molar-refractivity contribution in [1.29, 1.82) is 0 Å². The van der Waals surface area contributed by atoms with Crippen molar-refractivity contribution < 1.29 is 23.3 Å². The maximum Gasteiger partial charge on any atom is 0.307 e. The summed E-state index contributed by atoms with van der Waals surface area (Å²) in [4.78, 5) is 22.7. The average molecular weight is 685 g/mol. The van der Waals surface area contributed by atoms with Gasteiger partial charge in [-0.05, 0) is 92.7 Å². The van der Waals surface area contributed by atoms with E-state index < -0.39 is 10.8 Å². The van der Waals surface area contributed by atoms with Gasteiger partial charge in [-0.15, -0.1) is 0 Å². The number of carbonyl (C=O) groups excluding carboxylic acids is 1. The first-order chi connectivity index (χ1) is 16.3. The van der Waals surface area contributed by atoms with Crippen LogP contribution in [-0.4, -0.2) is 17.0 Å². The summed E-state index contributed by atoms with van der Waals surface area (Å²) in [6.07, 6.45) is 1.48. The zero-order chi connectivity index (χ0) is 24.2. The van der Waals surface area contributed by atoms with Gasteiger partial charge in [0.25, 0.3) is 5.69 Å². The number of nitro groups is 1. The van der Waals surface area contributed by atoms with Gasteiger partial charge in [0.15, 0.2) is 5.76 Å². The molecule has 1 aromatic heterocycles. The minimum Gasteiger partial charge on any atom is -0.487 e. The summed E-state index contributed by atoms with van der Waals surface area (Å²) in [5, 5.41) is 15.3. The van der Waals surface area contributed by atoms with E-state index in [1.54, 1.807) is 12.1 Å². The Labute approximate surface area is 219 Å². The third-order valence-corrected chi connectivity index (χ3v) is 6.21. The number of hydrazone groups is 1. The lowest BCUT2D eigenvalue weighted by atomic mass is 10.2. The van der Waals surface area contributed by atoms with E-state index in [0.717, 1.165) is 18.3 Å². The van der Waals surface area contributed by atoms with Gasteiger partial charge >= 0.3 is 5.91 Å². The summed E-state index contributed by atoms with van der Waals surface area (Å²) in [5.41, 5.74) is 4.10. The number of nitro benzene ring substituents is 1. The highest BCUT2D eigenvalue weighted by atomic mass is 127. The van der Waals surface area contributed by atoms with Crippen LogP contribution in [0.5, 0.6) is 5.75 Å². The second-order valence-corrected chi connectivity index (χ2v) is 9.35. The Morgan fingerprint density at radius 3 is 2.62 bits per heavy atom. The molecule has 0 saturated heterocycles. The van der Waals surface area contributed by atoms with Crippen LogP contribution in [0.2, 0.25) is 0 Å². The second kappa shape index (κ2) is 10.5. The first kappa shape index (κ1) is 24.1. The van der Waals surface area contributed by atoms with Gasteiger partial charge in [0.05, 0.1) is 18.3 Å². The molecule has 8 nitrogen and oxygen atoms in total. The number of amides is 1. The number of rotatable bonds is 7. The van der Waals surface area contributed by atoms with Gasteiger partial charge in [0.2, 0.25) is 0 Å². The summed E-state index contributed by atoms with van der Waals surface area (Å²) in [6.45, 7) is 0.230. The Morgan fingerprint density at radius 2 is 1.91 bits per heavy atom. The van der Waals surface area contributed by atoms with E-state index in [-0.39, 0.29) is 23.9 Å². The molecule has 0 unspecified atom stereocenters. The van der Waals surface area contributed by atoms with Crippen LogP contribution >= 0.6 is 45.2 Å². The van der Waals surface area contributed by atoms with Crippen LogP contribution in [0.3, 0.4) is 0 Å². The fourth-order valence-corrected chi connectivity index (χ4v) is 5.18. The molecular formula is C23H14FI2N3O5. The number of benzene rings is 3. The maximum absolute atomic E-state index is 13.4. The average Bonchev–Trinajstić information content (AvgIpc) is 3.22. The third kappa shape index (κ3) is 5.70. The number of carbonyl (C=O) groups is 1. The molecule has 172 valence electrons. The molecule has 0 bridgehead atoms. The number of halogens is 3. The minimum atomic E-state index is -0.588. The lowest BCUT2D eigenvalue weighted by molar-refractivity contribution is -0.384. The number of nitrogens with one attached hydrogen (secondary N) is 1. The van der Waals surface area contributed by atoms with E-state index in [1.807, 2.05) is 12.1 Å². The zero-order valence-electron chi connectivity index (χ0n) is 17.1. The highest BCUT2D eigenvalue weighted by molar-refractivity contribution is 14.1. The molecule has 0 saturated carbocycles. The van der Waals surface area contributed by atoms with Crippen LogP contribution in [0, 0.1) is 23.1 Å². The quantitative estimate of drug-likeness (QED) is 0.111. The second-order valence-electron chi connectivity index (χ2n) is 7.02. The van der Waals surface area contributed by atoms with E-state index in [9.17, 15) is 19.3 Å². The van der Waals surface area contributed by atoms with E-state index in [1.165, 1.54) is 42.6 Å². The molecule has 0 aliphatic carbocycles. The summed E-state index contributed by atoms with van der Waals surface area (Å²) in [7, 11) is 0. The highest BCUT2D eigenvalue weighted by Gasteiger charge is 2.15. The van der Waals surface area contributed by atoms with E-state index in [2.05, 4.69) is 55.7 Å². The molecule has 1 amide bonds. The Bertz CT molecular complexity index is 1410. The van der Waals surface area contributed by atoms with Gasteiger partial charge in [-0.1, -0.05) is 12.1 Å². The Balaban J connectivity index is 1.41. The molecule has 0 fully saturated rings. The summed E-state index contributed by atoms with van der Waals surface area (Å²) in [6, 6.07) is 15.4. The fourth-order valence-electron chi connectivity index (χ4n) is 3.05. The molecule has 0 radical (unpaired) electrons. The van der Waals surface area contributed by atoms with Crippen molar-refractivity contribution in [3.05, 3.63) is 101 Å². The summed E-state index contributed by atoms with van der Waals surface area (Å²) >= 11 is 4.27. The Hall–Kier alpha value is -3.07. The van der Waals surface area contributed by atoms with Crippen molar-refractivity contribution in [2.45, 2.75) is 6.61 Å². The third-order valence-electron chi connectivity index (χ3n) is 4.61. The van der Waals surface area contributed by atoms with Gasteiger partial charge in [-0.25, -0.2) is 9.82 Å². The largest absolute Gasteiger partial charge is 0.487 e. The van der Waals surface area contributed by atoms with Crippen LogP contribution in [-0.2, 0) is 6.61 Å². The summed E-state index contributed by atoms with van der Waals surface area (Å²) < 4.78 is 26.3. The van der Waals surface area contributed by atoms with Crippen molar-refractivity contribution >= 4 is 74.0 Å². The number of non-ortho nitro benzene ring substituents is 1. The van der Waals surface area contributed by atoms with Gasteiger partial charge in [-0.2, -0.15) is 5.10 Å². The van der Waals surface area contributed by atoms with Crippen LogP contribution in [0.15, 0.2) is 70.2 Å². The summed E-state index contributed by atoms with van der Waals surface area (Å²) in [5.74, 6) is -0.251.